The molecule has 2 aromatic carbocycles. The first-order chi connectivity index (χ1) is 9.50. The highest BCUT2D eigenvalue weighted by atomic mass is 35.5. The van der Waals surface area contributed by atoms with Crippen molar-refractivity contribution in [2.45, 2.75) is 6.92 Å². The van der Waals surface area contributed by atoms with E-state index in [0.29, 0.717) is 10.6 Å². The van der Waals surface area contributed by atoms with E-state index < -0.39 is 11.9 Å². The Morgan fingerprint density at radius 3 is 2.40 bits per heavy atom. The number of carboxylic acids is 1. The molecular weight excluding hydrogens is 278 g/mol. The van der Waals surface area contributed by atoms with Gasteiger partial charge in [0, 0.05) is 0 Å². The molecule has 0 radical (unpaired) electrons. The van der Waals surface area contributed by atoms with Crippen LogP contribution in [0.15, 0.2) is 42.5 Å². The van der Waals surface area contributed by atoms with Gasteiger partial charge in [-0.15, -0.1) is 0 Å². The minimum atomic E-state index is -1.10. The SMILES string of the molecule is Cc1cccc(C(=O)Nc2ccccc2C(=O)O)c1Cl. The number of carbonyl (C=O) groups is 2. The van der Waals surface area contributed by atoms with Gasteiger partial charge in [0.05, 0.1) is 21.8 Å². The Hall–Kier alpha value is -2.33. The van der Waals surface area contributed by atoms with Gasteiger partial charge in [-0.05, 0) is 30.7 Å². The molecule has 4 nitrogen and oxygen atoms in total. The second-order valence-corrected chi connectivity index (χ2v) is 4.62. The molecule has 2 N–H and O–H groups in total. The number of carboxylic acid groups (broad SMARTS) is 1. The molecule has 0 atom stereocenters. The highest BCUT2D eigenvalue weighted by molar-refractivity contribution is 6.35. The summed E-state index contributed by atoms with van der Waals surface area (Å²) in [4.78, 5) is 23.3. The first kappa shape index (κ1) is 14.1. The number of hydrogen-bond acceptors (Lipinski definition) is 2. The van der Waals surface area contributed by atoms with E-state index in [2.05, 4.69) is 5.32 Å². The van der Waals surface area contributed by atoms with Gasteiger partial charge in [-0.3, -0.25) is 4.79 Å². The molecule has 2 rings (SSSR count). The fraction of sp³-hybridized carbons (Fsp3) is 0.0667. The molecular formula is C15H12ClNO3. The lowest BCUT2D eigenvalue weighted by molar-refractivity contribution is 0.0698. The number of carbonyl (C=O) groups excluding carboxylic acids is 1. The molecule has 1 amide bonds. The molecule has 5 heteroatoms. The summed E-state index contributed by atoms with van der Waals surface area (Å²) in [6.45, 7) is 1.80. The number of benzene rings is 2. The van der Waals surface area contributed by atoms with E-state index in [-0.39, 0.29) is 11.3 Å². The monoisotopic (exact) mass is 289 g/mol. The molecule has 0 spiro atoms. The van der Waals surface area contributed by atoms with Crippen molar-refractivity contribution in [3.05, 3.63) is 64.2 Å². The maximum absolute atomic E-state index is 12.2. The Bertz CT molecular complexity index is 683. The van der Waals surface area contributed by atoms with E-state index >= 15 is 0 Å². The van der Waals surface area contributed by atoms with Gasteiger partial charge in [-0.1, -0.05) is 35.9 Å². The number of amides is 1. The van der Waals surface area contributed by atoms with Crippen LogP contribution in [0.4, 0.5) is 5.69 Å². The van der Waals surface area contributed by atoms with Crippen molar-refractivity contribution in [3.8, 4) is 0 Å². The van der Waals surface area contributed by atoms with E-state index in [0.717, 1.165) is 5.56 Å². The Kier molecular flexibility index (Phi) is 4.05. The van der Waals surface area contributed by atoms with E-state index in [1.165, 1.54) is 12.1 Å². The first-order valence-corrected chi connectivity index (χ1v) is 6.27. The van der Waals surface area contributed by atoms with Gasteiger partial charge < -0.3 is 10.4 Å². The van der Waals surface area contributed by atoms with Crippen molar-refractivity contribution in [2.24, 2.45) is 0 Å². The van der Waals surface area contributed by atoms with Crippen LogP contribution < -0.4 is 5.32 Å². The number of aromatic carboxylic acids is 1. The zero-order valence-corrected chi connectivity index (χ0v) is 11.4. The fourth-order valence-electron chi connectivity index (χ4n) is 1.79. The lowest BCUT2D eigenvalue weighted by Gasteiger charge is -2.10. The van der Waals surface area contributed by atoms with Gasteiger partial charge in [0.1, 0.15) is 0 Å². The Morgan fingerprint density at radius 1 is 1.05 bits per heavy atom. The third-order valence-corrected chi connectivity index (χ3v) is 3.34. The molecule has 0 fully saturated rings. The second-order valence-electron chi connectivity index (χ2n) is 4.24. The molecule has 0 aliphatic rings. The molecule has 102 valence electrons. The molecule has 0 aliphatic heterocycles. The number of halogens is 1. The third-order valence-electron chi connectivity index (χ3n) is 2.84. The maximum atomic E-state index is 12.2. The standard InChI is InChI=1S/C15H12ClNO3/c1-9-5-4-7-11(13(9)16)14(18)17-12-8-3-2-6-10(12)15(19)20/h2-8H,1H3,(H,17,18)(H,19,20). The molecule has 0 saturated heterocycles. The van der Waals surface area contributed by atoms with Gasteiger partial charge in [0.15, 0.2) is 0 Å². The third kappa shape index (κ3) is 2.81. The van der Waals surface area contributed by atoms with Gasteiger partial charge in [-0.2, -0.15) is 0 Å². The summed E-state index contributed by atoms with van der Waals surface area (Å²) < 4.78 is 0. The van der Waals surface area contributed by atoms with E-state index in [4.69, 9.17) is 16.7 Å². The number of nitrogens with one attached hydrogen (secondary N) is 1. The lowest BCUT2D eigenvalue weighted by atomic mass is 10.1. The molecule has 0 aliphatic carbocycles. The van der Waals surface area contributed by atoms with Gasteiger partial charge in [0.2, 0.25) is 0 Å². The van der Waals surface area contributed by atoms with Crippen LogP contribution in [-0.2, 0) is 0 Å². The quantitative estimate of drug-likeness (QED) is 0.907. The zero-order chi connectivity index (χ0) is 14.7. The smallest absolute Gasteiger partial charge is 0.337 e. The number of rotatable bonds is 3. The molecule has 0 bridgehead atoms. The van der Waals surface area contributed by atoms with Crippen molar-refractivity contribution in [2.75, 3.05) is 5.32 Å². The summed E-state index contributed by atoms with van der Waals surface area (Å²) in [6.07, 6.45) is 0. The number of aryl methyl sites for hydroxylation is 1. The maximum Gasteiger partial charge on any atom is 0.337 e. The topological polar surface area (TPSA) is 66.4 Å². The molecule has 2 aromatic rings. The largest absolute Gasteiger partial charge is 0.478 e. The minimum Gasteiger partial charge on any atom is -0.478 e. The average Bonchev–Trinajstić information content (AvgIpc) is 2.42. The van der Waals surface area contributed by atoms with Crippen molar-refractivity contribution in [1.82, 2.24) is 0 Å². The molecule has 0 saturated carbocycles. The lowest BCUT2D eigenvalue weighted by Crippen LogP contribution is -2.15. The molecule has 0 aromatic heterocycles. The number of para-hydroxylation sites is 1. The molecule has 20 heavy (non-hydrogen) atoms. The van der Waals surface area contributed by atoms with Gasteiger partial charge in [0.25, 0.3) is 5.91 Å². The Balaban J connectivity index is 2.33. The van der Waals surface area contributed by atoms with E-state index in [1.54, 1.807) is 37.3 Å². The van der Waals surface area contributed by atoms with Crippen LogP contribution in [0.2, 0.25) is 5.02 Å². The molecule has 0 unspecified atom stereocenters. The molecule has 0 heterocycles. The van der Waals surface area contributed by atoms with Crippen LogP contribution in [0.1, 0.15) is 26.3 Å². The minimum absolute atomic E-state index is 0.0321. The zero-order valence-electron chi connectivity index (χ0n) is 10.7. The van der Waals surface area contributed by atoms with Crippen molar-refractivity contribution in [3.63, 3.8) is 0 Å². The van der Waals surface area contributed by atoms with Crippen LogP contribution in [0.5, 0.6) is 0 Å². The first-order valence-electron chi connectivity index (χ1n) is 5.89. The Morgan fingerprint density at radius 2 is 1.70 bits per heavy atom. The summed E-state index contributed by atoms with van der Waals surface area (Å²) >= 11 is 6.08. The summed E-state index contributed by atoms with van der Waals surface area (Å²) in [5, 5.41) is 12.0. The highest BCUT2D eigenvalue weighted by Gasteiger charge is 2.15. The second kappa shape index (κ2) is 5.75. The Labute approximate surface area is 121 Å². The van der Waals surface area contributed by atoms with Crippen LogP contribution >= 0.6 is 11.6 Å². The summed E-state index contributed by atoms with van der Waals surface area (Å²) in [6, 6.07) is 11.3. The van der Waals surface area contributed by atoms with Crippen molar-refractivity contribution >= 4 is 29.2 Å². The van der Waals surface area contributed by atoms with Gasteiger partial charge in [-0.25, -0.2) is 4.79 Å². The van der Waals surface area contributed by atoms with E-state index in [9.17, 15) is 9.59 Å². The summed E-state index contributed by atoms with van der Waals surface area (Å²) in [7, 11) is 0. The number of anilines is 1. The average molecular weight is 290 g/mol. The summed E-state index contributed by atoms with van der Waals surface area (Å²) in [5.41, 5.74) is 1.37. The number of hydrogen-bond donors (Lipinski definition) is 2. The predicted octanol–water partition coefficient (Wildman–Crippen LogP) is 3.60. The van der Waals surface area contributed by atoms with Crippen LogP contribution in [0.25, 0.3) is 0 Å². The highest BCUT2D eigenvalue weighted by Crippen LogP contribution is 2.22. The fourth-order valence-corrected chi connectivity index (χ4v) is 2.00. The summed E-state index contributed by atoms with van der Waals surface area (Å²) in [5.74, 6) is -1.54. The van der Waals surface area contributed by atoms with Crippen LogP contribution in [-0.4, -0.2) is 17.0 Å². The van der Waals surface area contributed by atoms with Crippen LogP contribution in [0, 0.1) is 6.92 Å². The van der Waals surface area contributed by atoms with Crippen molar-refractivity contribution in [1.29, 1.82) is 0 Å². The predicted molar refractivity (Wildman–Crippen MR) is 77.5 cm³/mol. The van der Waals surface area contributed by atoms with Crippen molar-refractivity contribution < 1.29 is 14.7 Å². The normalized spacial score (nSPS) is 10.1. The van der Waals surface area contributed by atoms with E-state index in [1.807, 2.05) is 0 Å². The van der Waals surface area contributed by atoms with Crippen LogP contribution in [0.3, 0.4) is 0 Å². The van der Waals surface area contributed by atoms with Gasteiger partial charge >= 0.3 is 5.97 Å².